The number of rotatable bonds is 6. The van der Waals surface area contributed by atoms with Crippen molar-refractivity contribution in [1.82, 2.24) is 4.90 Å². The molecule has 0 bridgehead atoms. The predicted molar refractivity (Wildman–Crippen MR) is 49.2 cm³/mol. The van der Waals surface area contributed by atoms with Gasteiger partial charge in [0, 0.05) is 20.2 Å². The summed E-state index contributed by atoms with van der Waals surface area (Å²) in [7, 11) is 1.56. The Bertz CT molecular complexity index is 150. The first-order chi connectivity index (χ1) is 6.13. The summed E-state index contributed by atoms with van der Waals surface area (Å²) in [6, 6.07) is -0.525. The lowest BCUT2D eigenvalue weighted by atomic mass is 10.3. The van der Waals surface area contributed by atoms with E-state index in [2.05, 4.69) is 0 Å². The fourth-order valence-corrected chi connectivity index (χ4v) is 0.942. The van der Waals surface area contributed by atoms with Gasteiger partial charge in [0.05, 0.1) is 19.3 Å². The SMILES string of the molecule is COCCN(CCO)C(=O)[C@@H](C)N. The van der Waals surface area contributed by atoms with Crippen LogP contribution < -0.4 is 5.73 Å². The lowest BCUT2D eigenvalue weighted by molar-refractivity contribution is -0.133. The molecule has 0 saturated heterocycles. The van der Waals surface area contributed by atoms with Gasteiger partial charge in [-0.1, -0.05) is 0 Å². The maximum Gasteiger partial charge on any atom is 0.239 e. The van der Waals surface area contributed by atoms with Crippen molar-refractivity contribution < 1.29 is 14.6 Å². The van der Waals surface area contributed by atoms with E-state index in [1.54, 1.807) is 14.0 Å². The van der Waals surface area contributed by atoms with Crippen molar-refractivity contribution in [3.05, 3.63) is 0 Å². The minimum atomic E-state index is -0.525. The minimum absolute atomic E-state index is 0.0534. The van der Waals surface area contributed by atoms with E-state index >= 15 is 0 Å². The van der Waals surface area contributed by atoms with Crippen molar-refractivity contribution in [3.63, 3.8) is 0 Å². The Morgan fingerprint density at radius 1 is 1.62 bits per heavy atom. The Hall–Kier alpha value is -0.650. The highest BCUT2D eigenvalue weighted by atomic mass is 16.5. The fourth-order valence-electron chi connectivity index (χ4n) is 0.942. The number of ether oxygens (including phenoxy) is 1. The van der Waals surface area contributed by atoms with Crippen LogP contribution in [0, 0.1) is 0 Å². The third kappa shape index (κ3) is 4.82. The highest BCUT2D eigenvalue weighted by Crippen LogP contribution is 1.92. The summed E-state index contributed by atoms with van der Waals surface area (Å²) in [5.41, 5.74) is 5.43. The van der Waals surface area contributed by atoms with E-state index in [-0.39, 0.29) is 12.5 Å². The van der Waals surface area contributed by atoms with E-state index in [0.29, 0.717) is 19.7 Å². The second-order valence-electron chi connectivity index (χ2n) is 2.83. The number of methoxy groups -OCH3 is 1. The third-order valence-corrected chi connectivity index (χ3v) is 1.64. The van der Waals surface area contributed by atoms with Crippen LogP contribution >= 0.6 is 0 Å². The number of nitrogens with two attached hydrogens (primary N) is 1. The number of hydrogen-bond acceptors (Lipinski definition) is 4. The molecule has 0 aliphatic rings. The van der Waals surface area contributed by atoms with Crippen LogP contribution in [0.2, 0.25) is 0 Å². The Balaban J connectivity index is 3.99. The largest absolute Gasteiger partial charge is 0.395 e. The molecule has 0 aromatic heterocycles. The van der Waals surface area contributed by atoms with Crippen LogP contribution in [0.15, 0.2) is 0 Å². The second kappa shape index (κ2) is 6.82. The smallest absolute Gasteiger partial charge is 0.239 e. The van der Waals surface area contributed by atoms with Gasteiger partial charge in [0.15, 0.2) is 0 Å². The number of aliphatic hydroxyl groups is 1. The highest BCUT2D eigenvalue weighted by Gasteiger charge is 2.15. The second-order valence-corrected chi connectivity index (χ2v) is 2.83. The van der Waals surface area contributed by atoms with Gasteiger partial charge in [-0.05, 0) is 6.92 Å². The van der Waals surface area contributed by atoms with E-state index < -0.39 is 6.04 Å². The van der Waals surface area contributed by atoms with Crippen molar-refractivity contribution in [3.8, 4) is 0 Å². The van der Waals surface area contributed by atoms with Crippen LogP contribution in [0.4, 0.5) is 0 Å². The first kappa shape index (κ1) is 12.3. The average Bonchev–Trinajstić information content (AvgIpc) is 2.11. The summed E-state index contributed by atoms with van der Waals surface area (Å²) in [6.45, 7) is 2.81. The first-order valence-electron chi connectivity index (χ1n) is 4.27. The molecule has 1 atom stereocenters. The molecule has 0 rings (SSSR count). The van der Waals surface area contributed by atoms with Crippen LogP contribution in [-0.4, -0.2) is 55.4 Å². The van der Waals surface area contributed by atoms with Crippen molar-refractivity contribution in [2.75, 3.05) is 33.4 Å². The van der Waals surface area contributed by atoms with E-state index in [0.717, 1.165) is 0 Å². The Labute approximate surface area is 78.5 Å². The monoisotopic (exact) mass is 190 g/mol. The van der Waals surface area contributed by atoms with Gasteiger partial charge in [-0.3, -0.25) is 4.79 Å². The molecule has 78 valence electrons. The lowest BCUT2D eigenvalue weighted by Crippen LogP contribution is -2.44. The van der Waals surface area contributed by atoms with Gasteiger partial charge in [-0.25, -0.2) is 0 Å². The molecule has 5 heteroatoms. The minimum Gasteiger partial charge on any atom is -0.395 e. The van der Waals surface area contributed by atoms with Gasteiger partial charge >= 0.3 is 0 Å². The van der Waals surface area contributed by atoms with E-state index in [9.17, 15) is 4.79 Å². The molecule has 0 aliphatic carbocycles. The summed E-state index contributed by atoms with van der Waals surface area (Å²) in [5, 5.41) is 8.69. The van der Waals surface area contributed by atoms with Crippen LogP contribution in [0.5, 0.6) is 0 Å². The van der Waals surface area contributed by atoms with Crippen molar-refractivity contribution in [1.29, 1.82) is 0 Å². The Morgan fingerprint density at radius 2 is 2.23 bits per heavy atom. The summed E-state index contributed by atoms with van der Waals surface area (Å²) < 4.78 is 4.83. The van der Waals surface area contributed by atoms with Gasteiger partial charge in [0.25, 0.3) is 0 Å². The molecule has 0 radical (unpaired) electrons. The quantitative estimate of drug-likeness (QED) is 0.551. The highest BCUT2D eigenvalue weighted by molar-refractivity contribution is 5.81. The number of carbonyl (C=O) groups excluding carboxylic acids is 1. The zero-order valence-electron chi connectivity index (χ0n) is 8.19. The topological polar surface area (TPSA) is 75.8 Å². The number of amides is 1. The zero-order chi connectivity index (χ0) is 10.3. The van der Waals surface area contributed by atoms with E-state index in [1.807, 2.05) is 0 Å². The maximum absolute atomic E-state index is 11.4. The Kier molecular flexibility index (Phi) is 6.48. The summed E-state index contributed by atoms with van der Waals surface area (Å²) in [5.74, 6) is -0.161. The molecule has 0 aromatic rings. The number of carbonyl (C=O) groups is 1. The van der Waals surface area contributed by atoms with E-state index in [1.165, 1.54) is 4.90 Å². The zero-order valence-corrected chi connectivity index (χ0v) is 8.19. The van der Waals surface area contributed by atoms with Crippen molar-refractivity contribution >= 4 is 5.91 Å². The molecule has 0 saturated carbocycles. The average molecular weight is 190 g/mol. The third-order valence-electron chi connectivity index (χ3n) is 1.64. The normalized spacial score (nSPS) is 12.6. The van der Waals surface area contributed by atoms with E-state index in [4.69, 9.17) is 15.6 Å². The molecule has 1 amide bonds. The number of hydrogen-bond donors (Lipinski definition) is 2. The van der Waals surface area contributed by atoms with Gasteiger partial charge in [0.1, 0.15) is 0 Å². The summed E-state index contributed by atoms with van der Waals surface area (Å²) in [4.78, 5) is 12.9. The summed E-state index contributed by atoms with van der Waals surface area (Å²) >= 11 is 0. The first-order valence-corrected chi connectivity index (χ1v) is 4.27. The lowest BCUT2D eigenvalue weighted by Gasteiger charge is -2.22. The number of nitrogens with zero attached hydrogens (tertiary/aromatic N) is 1. The van der Waals surface area contributed by atoms with Crippen LogP contribution in [0.1, 0.15) is 6.92 Å². The molecular formula is C8H18N2O3. The van der Waals surface area contributed by atoms with Crippen molar-refractivity contribution in [2.45, 2.75) is 13.0 Å². The molecular weight excluding hydrogens is 172 g/mol. The Morgan fingerprint density at radius 3 is 2.62 bits per heavy atom. The number of aliphatic hydroxyl groups excluding tert-OH is 1. The summed E-state index contributed by atoms with van der Waals surface area (Å²) in [6.07, 6.45) is 0. The molecule has 13 heavy (non-hydrogen) atoms. The standard InChI is InChI=1S/C8H18N2O3/c1-7(9)8(12)10(3-5-11)4-6-13-2/h7,11H,3-6,9H2,1-2H3/t7-/m1/s1. The molecule has 0 heterocycles. The molecule has 0 unspecified atom stereocenters. The molecule has 0 aliphatic heterocycles. The predicted octanol–water partition coefficient (Wildman–Crippen LogP) is -1.20. The van der Waals surface area contributed by atoms with Gasteiger partial charge < -0.3 is 20.5 Å². The van der Waals surface area contributed by atoms with Gasteiger partial charge in [-0.2, -0.15) is 0 Å². The molecule has 0 aromatic carbocycles. The fraction of sp³-hybridized carbons (Fsp3) is 0.875. The van der Waals surface area contributed by atoms with Crippen LogP contribution in [0.25, 0.3) is 0 Å². The van der Waals surface area contributed by atoms with Gasteiger partial charge in [0.2, 0.25) is 5.91 Å². The molecule has 0 fully saturated rings. The van der Waals surface area contributed by atoms with Crippen molar-refractivity contribution in [2.24, 2.45) is 5.73 Å². The van der Waals surface area contributed by atoms with Gasteiger partial charge in [-0.15, -0.1) is 0 Å². The molecule has 5 nitrogen and oxygen atoms in total. The van der Waals surface area contributed by atoms with Crippen LogP contribution in [-0.2, 0) is 9.53 Å². The molecule has 3 N–H and O–H groups in total. The van der Waals surface area contributed by atoms with Crippen LogP contribution in [0.3, 0.4) is 0 Å². The maximum atomic E-state index is 11.4. The molecule has 0 spiro atoms.